The summed E-state index contributed by atoms with van der Waals surface area (Å²) in [4.78, 5) is 52.4. The van der Waals surface area contributed by atoms with Crippen molar-refractivity contribution in [3.8, 4) is 0 Å². The molecule has 4 unspecified atom stereocenters. The summed E-state index contributed by atoms with van der Waals surface area (Å²) in [5.74, 6) is -0.269. The molecular weight excluding hydrogens is 660 g/mol. The Labute approximate surface area is 256 Å². The van der Waals surface area contributed by atoms with E-state index in [1.165, 1.54) is 17.1 Å². The minimum atomic E-state index is -5.07. The molecule has 3 fully saturated rings. The van der Waals surface area contributed by atoms with Gasteiger partial charge in [-0.15, -0.1) is 0 Å². The van der Waals surface area contributed by atoms with E-state index in [1.807, 2.05) is 0 Å². The number of pyridine rings is 1. The van der Waals surface area contributed by atoms with Crippen molar-refractivity contribution in [2.75, 3.05) is 31.1 Å². The highest BCUT2D eigenvalue weighted by Gasteiger charge is 2.54. The van der Waals surface area contributed by atoms with Gasteiger partial charge in [0.1, 0.15) is 29.9 Å². The molecule has 7 heterocycles. The maximum absolute atomic E-state index is 13.2. The SMILES string of the molecule is CNc1ccnc2c1ncn2[C@@H]1O[C@@H]2COP(=O)(O)OC3[C@@H](OCP(=O)(O)OC2[C@@H]1O)O[C@@H](n1cnc2c(=O)[nH]c(N)nc21)[C@H]3O. The van der Waals surface area contributed by atoms with E-state index in [1.54, 1.807) is 13.1 Å². The number of phosphoric ester groups is 1. The smallest absolute Gasteiger partial charge is 0.386 e. The quantitative estimate of drug-likeness (QED) is 0.123. The average molecular weight is 687 g/mol. The zero-order valence-electron chi connectivity index (χ0n) is 23.5. The molecule has 3 saturated heterocycles. The molecule has 4 aromatic rings. The Morgan fingerprint density at radius 2 is 1.70 bits per heavy atom. The van der Waals surface area contributed by atoms with Crippen LogP contribution in [0.4, 0.5) is 11.6 Å². The molecular formula is C22H27N9O13P2. The van der Waals surface area contributed by atoms with Gasteiger partial charge in [0.15, 0.2) is 48.0 Å². The molecule has 0 saturated carbocycles. The molecule has 8 N–H and O–H groups in total. The first-order valence-corrected chi connectivity index (χ1v) is 16.8. The number of aromatic nitrogens is 7. The third kappa shape index (κ3) is 5.41. The van der Waals surface area contributed by atoms with E-state index in [2.05, 4.69) is 30.2 Å². The van der Waals surface area contributed by atoms with Gasteiger partial charge in [0, 0.05) is 13.2 Å². The highest BCUT2D eigenvalue weighted by molar-refractivity contribution is 7.52. The molecule has 4 aromatic heterocycles. The first-order chi connectivity index (χ1) is 21.9. The molecule has 0 aromatic carbocycles. The van der Waals surface area contributed by atoms with Crippen molar-refractivity contribution in [2.45, 2.75) is 49.3 Å². The molecule has 0 radical (unpaired) electrons. The van der Waals surface area contributed by atoms with Gasteiger partial charge in [-0.2, -0.15) is 4.98 Å². The number of nitrogens with one attached hydrogen (secondary N) is 2. The average Bonchev–Trinajstić information content (AvgIpc) is 3.76. The van der Waals surface area contributed by atoms with Gasteiger partial charge in [0.2, 0.25) is 5.95 Å². The third-order valence-electron chi connectivity index (χ3n) is 7.55. The largest absolute Gasteiger partial charge is 0.472 e. The van der Waals surface area contributed by atoms with Gasteiger partial charge in [-0.3, -0.25) is 37.0 Å². The zero-order chi connectivity index (χ0) is 32.5. The van der Waals surface area contributed by atoms with E-state index in [-0.39, 0.29) is 17.1 Å². The Morgan fingerprint density at radius 1 is 1.00 bits per heavy atom. The van der Waals surface area contributed by atoms with Crippen molar-refractivity contribution in [2.24, 2.45) is 0 Å². The third-order valence-corrected chi connectivity index (χ3v) is 9.59. The van der Waals surface area contributed by atoms with Gasteiger partial charge in [-0.1, -0.05) is 0 Å². The Bertz CT molecular complexity index is 1950. The molecule has 7 rings (SSSR count). The first-order valence-electron chi connectivity index (χ1n) is 13.5. The number of nitrogens with zero attached hydrogens (tertiary/aromatic N) is 6. The fraction of sp³-hybridized carbons (Fsp3) is 0.500. The Kier molecular flexibility index (Phi) is 7.74. The number of hydrogen-bond donors (Lipinski definition) is 7. The highest BCUT2D eigenvalue weighted by atomic mass is 31.2. The molecule has 248 valence electrons. The summed E-state index contributed by atoms with van der Waals surface area (Å²) in [5, 5.41) is 25.3. The maximum atomic E-state index is 13.2. The predicted octanol–water partition coefficient (Wildman–Crippen LogP) is -1.28. The minimum Gasteiger partial charge on any atom is -0.386 e. The highest BCUT2D eigenvalue weighted by Crippen LogP contribution is 2.53. The van der Waals surface area contributed by atoms with Gasteiger partial charge < -0.3 is 45.3 Å². The van der Waals surface area contributed by atoms with Crippen molar-refractivity contribution >= 4 is 49.4 Å². The summed E-state index contributed by atoms with van der Waals surface area (Å²) < 4.78 is 61.6. The van der Waals surface area contributed by atoms with E-state index in [4.69, 9.17) is 33.5 Å². The fourth-order valence-corrected chi connectivity index (χ4v) is 7.46. The molecule has 0 bridgehead atoms. The Balaban J connectivity index is 1.17. The van der Waals surface area contributed by atoms with Gasteiger partial charge in [-0.25, -0.2) is 19.5 Å². The van der Waals surface area contributed by atoms with Crippen molar-refractivity contribution in [3.63, 3.8) is 0 Å². The topological polar surface area (TPSA) is 303 Å². The van der Waals surface area contributed by atoms with Crippen LogP contribution >= 0.6 is 15.4 Å². The molecule has 0 aliphatic carbocycles. The summed E-state index contributed by atoms with van der Waals surface area (Å²) in [5.41, 5.74) is 6.05. The number of aromatic amines is 1. The zero-order valence-corrected chi connectivity index (χ0v) is 25.2. The number of aliphatic hydroxyl groups is 2. The second-order valence-corrected chi connectivity index (χ2v) is 13.6. The van der Waals surface area contributed by atoms with Crippen LogP contribution in [-0.2, 0) is 36.9 Å². The standard InChI is InChI=1S/C22H27N9O13P2/c1-24-8-2-3-25-16-10(8)26-5-30(16)19-12(32)14-9(41-19)4-40-46(37,38)44-15-13(33)20(42-21(15)39-7-45(35,36)43-14)31-6-27-11-17(31)28-22(23)29-18(11)34/h2-3,5-6,9,12-15,19-21,32-33H,4,7H2,1H3,(H,24,25)(H,35,36)(H,37,38)(H3,23,28,29,34)/t9-,12+,13+,14?,15?,19-,20-,21+/m1/s1. The number of nitrogens with two attached hydrogens (primary N) is 1. The molecule has 3 aliphatic heterocycles. The van der Waals surface area contributed by atoms with Gasteiger partial charge in [0.25, 0.3) is 5.56 Å². The molecule has 0 spiro atoms. The lowest BCUT2D eigenvalue weighted by atomic mass is 10.1. The molecule has 10 atom stereocenters. The lowest BCUT2D eigenvalue weighted by Gasteiger charge is -2.28. The number of imidazole rings is 2. The number of H-pyrrole nitrogens is 1. The summed E-state index contributed by atoms with van der Waals surface area (Å²) in [7, 11) is -8.14. The van der Waals surface area contributed by atoms with Crippen LogP contribution < -0.4 is 16.6 Å². The van der Waals surface area contributed by atoms with Crippen LogP contribution in [0.2, 0.25) is 0 Å². The fourth-order valence-electron chi connectivity index (χ4n) is 5.50. The van der Waals surface area contributed by atoms with Crippen LogP contribution in [0.3, 0.4) is 0 Å². The number of hydrogen-bond acceptors (Lipinski definition) is 17. The first kappa shape index (κ1) is 31.2. The predicted molar refractivity (Wildman–Crippen MR) is 151 cm³/mol. The maximum Gasteiger partial charge on any atom is 0.472 e. The number of phosphoric acid groups is 1. The monoisotopic (exact) mass is 687 g/mol. The van der Waals surface area contributed by atoms with Crippen LogP contribution in [0.5, 0.6) is 0 Å². The summed E-state index contributed by atoms with van der Waals surface area (Å²) >= 11 is 0. The van der Waals surface area contributed by atoms with E-state index >= 15 is 0 Å². The molecule has 22 nitrogen and oxygen atoms in total. The van der Waals surface area contributed by atoms with Crippen molar-refractivity contribution in [1.82, 2.24) is 34.1 Å². The van der Waals surface area contributed by atoms with Crippen molar-refractivity contribution in [3.05, 3.63) is 35.3 Å². The summed E-state index contributed by atoms with van der Waals surface area (Å²) in [6, 6.07) is 1.68. The van der Waals surface area contributed by atoms with Crippen molar-refractivity contribution < 1.29 is 56.9 Å². The van der Waals surface area contributed by atoms with Crippen LogP contribution in [0.25, 0.3) is 22.3 Å². The van der Waals surface area contributed by atoms with E-state index in [9.17, 15) is 33.9 Å². The van der Waals surface area contributed by atoms with Crippen LogP contribution in [0, 0.1) is 0 Å². The van der Waals surface area contributed by atoms with E-state index in [0.717, 1.165) is 10.9 Å². The Hall–Kier alpha value is -3.37. The van der Waals surface area contributed by atoms with E-state index in [0.29, 0.717) is 16.9 Å². The van der Waals surface area contributed by atoms with Crippen LogP contribution in [0.1, 0.15) is 12.5 Å². The summed E-state index contributed by atoms with van der Waals surface area (Å²) in [6.07, 6.45) is -9.89. The molecule has 46 heavy (non-hydrogen) atoms. The number of fused-ring (bicyclic) bond motifs is 4. The summed E-state index contributed by atoms with van der Waals surface area (Å²) in [6.45, 7) is -0.773. The number of ether oxygens (including phenoxy) is 3. The normalized spacial score (nSPS) is 37.1. The van der Waals surface area contributed by atoms with Crippen LogP contribution in [-0.4, -0.2) is 111 Å². The second-order valence-electron chi connectivity index (χ2n) is 10.5. The minimum absolute atomic E-state index is 0.112. The number of nitrogen functional groups attached to an aromatic ring is 1. The second kappa shape index (κ2) is 11.4. The van der Waals surface area contributed by atoms with Gasteiger partial charge >= 0.3 is 15.4 Å². The number of aliphatic hydroxyl groups excluding tert-OH is 2. The van der Waals surface area contributed by atoms with E-state index < -0.39 is 83.2 Å². The molecule has 0 amide bonds. The lowest BCUT2D eigenvalue weighted by molar-refractivity contribution is -0.168. The lowest BCUT2D eigenvalue weighted by Crippen LogP contribution is -2.38. The molecule has 24 heteroatoms. The Morgan fingerprint density at radius 3 is 2.46 bits per heavy atom. The van der Waals surface area contributed by atoms with Gasteiger partial charge in [0.05, 0.1) is 24.9 Å². The number of anilines is 2. The van der Waals surface area contributed by atoms with Crippen molar-refractivity contribution in [1.29, 1.82) is 0 Å². The van der Waals surface area contributed by atoms with Crippen LogP contribution in [0.15, 0.2) is 29.7 Å². The molecule has 3 aliphatic rings. The number of rotatable bonds is 3. The van der Waals surface area contributed by atoms with Gasteiger partial charge in [-0.05, 0) is 6.07 Å².